The van der Waals surface area contributed by atoms with E-state index in [0.717, 1.165) is 65.0 Å². The molecule has 216 valence electrons. The lowest BCUT2D eigenvalue weighted by molar-refractivity contribution is 0.231. The van der Waals surface area contributed by atoms with Crippen molar-refractivity contribution in [2.24, 2.45) is 0 Å². The fraction of sp³-hybridized carbons (Fsp3) is 0.216. The Morgan fingerprint density at radius 1 is 0.767 bits per heavy atom. The van der Waals surface area contributed by atoms with Crippen molar-refractivity contribution in [3.63, 3.8) is 0 Å². The Kier molecular flexibility index (Phi) is 7.31. The number of hydrogen-bond acceptors (Lipinski definition) is 5. The highest BCUT2D eigenvalue weighted by molar-refractivity contribution is 5.81. The average Bonchev–Trinajstić information content (AvgIpc) is 3.67. The van der Waals surface area contributed by atoms with Gasteiger partial charge in [0.2, 0.25) is 0 Å². The zero-order chi connectivity index (χ0) is 29.2. The summed E-state index contributed by atoms with van der Waals surface area (Å²) in [6.07, 6.45) is 4.07. The number of nitrogens with one attached hydrogen (secondary N) is 1. The summed E-state index contributed by atoms with van der Waals surface area (Å²) in [5.74, 6) is 0.475. The van der Waals surface area contributed by atoms with E-state index in [-0.39, 0.29) is 0 Å². The zero-order valence-electron chi connectivity index (χ0n) is 24.3. The van der Waals surface area contributed by atoms with Crippen LogP contribution in [0.5, 0.6) is 0 Å². The number of piperidine rings is 1. The van der Waals surface area contributed by atoms with Gasteiger partial charge in [-0.25, -0.2) is 4.79 Å². The van der Waals surface area contributed by atoms with Gasteiger partial charge in [0.1, 0.15) is 11.3 Å². The number of oxazole rings is 1. The smallest absolute Gasteiger partial charge is 0.421 e. The summed E-state index contributed by atoms with van der Waals surface area (Å²) >= 11 is 0. The van der Waals surface area contributed by atoms with Crippen molar-refractivity contribution in [1.29, 1.82) is 0 Å². The maximum absolute atomic E-state index is 14.0. The van der Waals surface area contributed by atoms with E-state index in [9.17, 15) is 4.79 Å². The van der Waals surface area contributed by atoms with Crippen molar-refractivity contribution in [1.82, 2.24) is 14.8 Å². The van der Waals surface area contributed by atoms with Gasteiger partial charge in [-0.15, -0.1) is 0 Å². The van der Waals surface area contributed by atoms with E-state index in [4.69, 9.17) is 8.83 Å². The molecule has 7 rings (SSSR count). The Labute approximate surface area is 251 Å². The van der Waals surface area contributed by atoms with E-state index >= 15 is 0 Å². The number of hydrogen-bond donors (Lipinski definition) is 1. The van der Waals surface area contributed by atoms with E-state index < -0.39 is 11.3 Å². The van der Waals surface area contributed by atoms with Gasteiger partial charge in [-0.1, -0.05) is 97.1 Å². The van der Waals surface area contributed by atoms with Crippen LogP contribution in [0, 0.1) is 0 Å². The van der Waals surface area contributed by atoms with Gasteiger partial charge in [0.15, 0.2) is 5.58 Å². The highest BCUT2D eigenvalue weighted by Gasteiger charge is 2.41. The third kappa shape index (κ3) is 5.03. The predicted octanol–water partition coefficient (Wildman–Crippen LogP) is 6.88. The van der Waals surface area contributed by atoms with Crippen molar-refractivity contribution < 1.29 is 8.83 Å². The molecule has 43 heavy (non-hydrogen) atoms. The van der Waals surface area contributed by atoms with Crippen molar-refractivity contribution in [3.8, 4) is 11.1 Å². The van der Waals surface area contributed by atoms with Crippen LogP contribution in [0.4, 0.5) is 0 Å². The second kappa shape index (κ2) is 11.6. The van der Waals surface area contributed by atoms with Gasteiger partial charge < -0.3 is 19.1 Å². The third-order valence-electron chi connectivity index (χ3n) is 8.76. The number of rotatable bonds is 8. The Hall–Kier alpha value is -4.65. The van der Waals surface area contributed by atoms with Crippen LogP contribution < -0.4 is 11.1 Å². The number of fused-ring (bicyclic) bond motifs is 1. The first-order chi connectivity index (χ1) is 21.1. The summed E-state index contributed by atoms with van der Waals surface area (Å²) < 4.78 is 13.8. The van der Waals surface area contributed by atoms with Crippen LogP contribution in [-0.2, 0) is 12.1 Å². The van der Waals surface area contributed by atoms with Gasteiger partial charge in [-0.2, -0.15) is 0 Å². The highest BCUT2D eigenvalue weighted by Crippen LogP contribution is 2.42. The molecular weight excluding hydrogens is 534 g/mol. The van der Waals surface area contributed by atoms with Crippen molar-refractivity contribution in [2.75, 3.05) is 20.1 Å². The minimum Gasteiger partial charge on any atom is -0.467 e. The summed E-state index contributed by atoms with van der Waals surface area (Å²) in [6, 6.07) is 39.1. The Morgan fingerprint density at radius 3 is 1.93 bits per heavy atom. The van der Waals surface area contributed by atoms with Crippen LogP contribution in [0.3, 0.4) is 0 Å². The first-order valence-electron chi connectivity index (χ1n) is 15.0. The lowest BCUT2D eigenvalue weighted by Crippen LogP contribution is -2.42. The Bertz CT molecular complexity index is 1770. The molecule has 0 radical (unpaired) electrons. The van der Waals surface area contributed by atoms with Crippen LogP contribution in [0.2, 0.25) is 0 Å². The number of furan rings is 1. The molecule has 2 aromatic heterocycles. The lowest BCUT2D eigenvalue weighted by atomic mass is 9.76. The summed E-state index contributed by atoms with van der Waals surface area (Å²) in [6.45, 7) is 2.92. The molecule has 6 aromatic rings. The first kappa shape index (κ1) is 27.2. The monoisotopic (exact) mass is 569 g/mol. The molecule has 1 aliphatic heterocycles. The normalized spacial score (nSPS) is 14.8. The summed E-state index contributed by atoms with van der Waals surface area (Å²) in [7, 11) is 2.17. The fourth-order valence-corrected chi connectivity index (χ4v) is 6.52. The van der Waals surface area contributed by atoms with Gasteiger partial charge in [0.25, 0.3) is 0 Å². The maximum atomic E-state index is 14.0. The van der Waals surface area contributed by atoms with Crippen molar-refractivity contribution in [2.45, 2.75) is 31.0 Å². The van der Waals surface area contributed by atoms with Gasteiger partial charge in [0, 0.05) is 11.6 Å². The molecule has 0 atom stereocenters. The quantitative estimate of drug-likeness (QED) is 0.203. The number of benzene rings is 4. The van der Waals surface area contributed by atoms with Gasteiger partial charge in [-0.05, 0) is 73.4 Å². The molecule has 0 spiro atoms. The first-order valence-corrected chi connectivity index (χ1v) is 15.0. The number of nitrogens with zero attached hydrogens (tertiary/aromatic N) is 2. The van der Waals surface area contributed by atoms with Gasteiger partial charge in [-0.3, -0.25) is 4.57 Å². The molecule has 0 amide bonds. The Balaban J connectivity index is 1.31. The van der Waals surface area contributed by atoms with E-state index in [2.05, 4.69) is 59.7 Å². The van der Waals surface area contributed by atoms with E-state index in [1.54, 1.807) is 10.8 Å². The molecule has 1 N–H and O–H groups in total. The van der Waals surface area contributed by atoms with E-state index in [1.807, 2.05) is 72.8 Å². The molecule has 6 nitrogen and oxygen atoms in total. The standard InChI is InChI=1S/C37H35N3O3/c1-39-21-19-32(20-22-39)38-25-33-23-28(26-42-33)27-17-18-34-35(24-27)43-36(41)40(34)37(29-11-5-2-6-12-29,30-13-7-3-8-14-30)31-15-9-4-10-16-31/h2-18,23-24,26,32,38H,19-22,25H2,1H3. The SMILES string of the molecule is CN1CCC(NCc2cc(-c3ccc4c(c3)oc(=O)n4C(c3ccccc3)(c3ccccc3)c3ccccc3)co2)CC1. The lowest BCUT2D eigenvalue weighted by Gasteiger charge is -2.36. The molecule has 4 aromatic carbocycles. The average molecular weight is 570 g/mol. The molecule has 6 heteroatoms. The van der Waals surface area contributed by atoms with Crippen molar-refractivity contribution >= 4 is 11.1 Å². The largest absolute Gasteiger partial charge is 0.467 e. The summed E-state index contributed by atoms with van der Waals surface area (Å²) in [5, 5.41) is 3.64. The second-order valence-corrected chi connectivity index (χ2v) is 11.5. The van der Waals surface area contributed by atoms with Crippen LogP contribution in [0.1, 0.15) is 35.3 Å². The van der Waals surface area contributed by atoms with E-state index in [1.165, 1.54) is 0 Å². The number of aromatic nitrogens is 1. The third-order valence-corrected chi connectivity index (χ3v) is 8.76. The maximum Gasteiger partial charge on any atom is 0.421 e. The van der Waals surface area contributed by atoms with Crippen molar-refractivity contribution in [3.05, 3.63) is 155 Å². The minimum atomic E-state index is -0.948. The molecule has 1 saturated heterocycles. The molecule has 0 saturated carbocycles. The summed E-state index contributed by atoms with van der Waals surface area (Å²) in [5.41, 5.74) is 5.11. The number of likely N-dealkylation sites (tertiary alicyclic amines) is 1. The molecule has 1 aliphatic rings. The van der Waals surface area contributed by atoms with Crippen LogP contribution in [-0.4, -0.2) is 35.6 Å². The molecular formula is C37H35N3O3. The Morgan fingerprint density at radius 2 is 1.35 bits per heavy atom. The van der Waals surface area contributed by atoms with Crippen LogP contribution >= 0.6 is 0 Å². The molecule has 0 unspecified atom stereocenters. The molecule has 3 heterocycles. The van der Waals surface area contributed by atoms with Crippen LogP contribution in [0.25, 0.3) is 22.2 Å². The molecule has 0 bridgehead atoms. The predicted molar refractivity (Wildman–Crippen MR) is 170 cm³/mol. The fourth-order valence-electron chi connectivity index (χ4n) is 6.52. The summed E-state index contributed by atoms with van der Waals surface area (Å²) in [4.78, 5) is 16.3. The minimum absolute atomic E-state index is 0.418. The topological polar surface area (TPSA) is 63.6 Å². The van der Waals surface area contributed by atoms with Crippen LogP contribution in [0.15, 0.2) is 135 Å². The zero-order valence-corrected chi connectivity index (χ0v) is 24.3. The van der Waals surface area contributed by atoms with Gasteiger partial charge >= 0.3 is 5.76 Å². The molecule has 1 fully saturated rings. The van der Waals surface area contributed by atoms with Gasteiger partial charge in [0.05, 0.1) is 18.3 Å². The van der Waals surface area contributed by atoms with E-state index in [0.29, 0.717) is 18.2 Å². The molecule has 0 aliphatic carbocycles. The second-order valence-electron chi connectivity index (χ2n) is 11.5. The highest BCUT2D eigenvalue weighted by atomic mass is 16.4.